The molecule has 3 rings (SSSR count). The Morgan fingerprint density at radius 3 is 2.72 bits per heavy atom. The van der Waals surface area contributed by atoms with Crippen molar-refractivity contribution < 1.29 is 4.79 Å². The number of carbonyl (C=O) groups is 1. The van der Waals surface area contributed by atoms with E-state index in [4.69, 9.17) is 0 Å². The summed E-state index contributed by atoms with van der Waals surface area (Å²) >= 11 is 1.54. The molecular weight excluding hydrogens is 330 g/mol. The lowest BCUT2D eigenvalue weighted by molar-refractivity contribution is -0.133. The van der Waals surface area contributed by atoms with Gasteiger partial charge in [-0.25, -0.2) is 4.09 Å². The van der Waals surface area contributed by atoms with Gasteiger partial charge in [-0.2, -0.15) is 5.10 Å². The Hall–Kier alpha value is -2.27. The molecule has 1 aliphatic rings. The molecule has 0 bridgehead atoms. The largest absolute Gasteiger partial charge is 0.332 e. The number of allylic oxidation sites excluding steroid dienone is 2. The van der Waals surface area contributed by atoms with Crippen LogP contribution in [0.4, 0.5) is 0 Å². The van der Waals surface area contributed by atoms with Crippen LogP contribution in [-0.2, 0) is 17.9 Å². The van der Waals surface area contributed by atoms with Gasteiger partial charge in [-0.3, -0.25) is 4.79 Å². The van der Waals surface area contributed by atoms with E-state index in [-0.39, 0.29) is 11.8 Å². The van der Waals surface area contributed by atoms with Gasteiger partial charge in [0.05, 0.1) is 18.2 Å². The smallest absolute Gasteiger partial charge is 0.230 e. The van der Waals surface area contributed by atoms with E-state index in [1.807, 2.05) is 64.6 Å². The lowest BCUT2D eigenvalue weighted by Crippen LogP contribution is -2.31. The van der Waals surface area contributed by atoms with Crippen LogP contribution in [0.5, 0.6) is 0 Å². The fourth-order valence-electron chi connectivity index (χ4n) is 3.10. The molecular formula is C20H23N3OS. The molecule has 0 radical (unpaired) electrons. The molecule has 1 unspecified atom stereocenters. The minimum Gasteiger partial charge on any atom is -0.332 e. The number of benzene rings is 1. The average Bonchev–Trinajstić information content (AvgIpc) is 3.19. The molecule has 1 aromatic carbocycles. The summed E-state index contributed by atoms with van der Waals surface area (Å²) in [5.74, 6) is 0.105. The van der Waals surface area contributed by atoms with Gasteiger partial charge in [-0.05, 0) is 18.9 Å². The van der Waals surface area contributed by atoms with Gasteiger partial charge in [0, 0.05) is 35.2 Å². The van der Waals surface area contributed by atoms with E-state index in [2.05, 4.69) is 18.6 Å². The van der Waals surface area contributed by atoms with Gasteiger partial charge in [0.1, 0.15) is 0 Å². The second-order valence-corrected chi connectivity index (χ2v) is 7.08. The van der Waals surface area contributed by atoms with Crippen LogP contribution in [0.25, 0.3) is 0 Å². The standard InChI is InChI=1S/C20H23N3OS/c1-4-17(5-2)25-23-13-16-12-22(14-19(16)21-23)20(24)18(6-3)15-10-8-7-9-11-15/h4-5,7-11,13,18H,1,6,12,14H2,2-3H3/b17-5+. The zero-order valence-corrected chi connectivity index (χ0v) is 15.5. The number of nitrogens with zero attached hydrogens (tertiary/aromatic N) is 3. The second-order valence-electron chi connectivity index (χ2n) is 6.06. The van der Waals surface area contributed by atoms with E-state index in [1.165, 1.54) is 11.9 Å². The van der Waals surface area contributed by atoms with Crippen LogP contribution in [0.1, 0.15) is 43.0 Å². The van der Waals surface area contributed by atoms with Crippen molar-refractivity contribution in [2.45, 2.75) is 39.3 Å². The van der Waals surface area contributed by atoms with Crippen molar-refractivity contribution in [1.82, 2.24) is 14.1 Å². The van der Waals surface area contributed by atoms with Crippen molar-refractivity contribution in [3.05, 3.63) is 77.0 Å². The molecule has 5 heteroatoms. The number of hydrogen-bond donors (Lipinski definition) is 0. The molecule has 0 saturated heterocycles. The maximum absolute atomic E-state index is 13.0. The van der Waals surface area contributed by atoms with Gasteiger partial charge < -0.3 is 4.90 Å². The van der Waals surface area contributed by atoms with Crippen molar-refractivity contribution in [3.63, 3.8) is 0 Å². The summed E-state index contributed by atoms with van der Waals surface area (Å²) in [6, 6.07) is 10.0. The Morgan fingerprint density at radius 2 is 2.12 bits per heavy atom. The van der Waals surface area contributed by atoms with Crippen LogP contribution in [0, 0.1) is 0 Å². The fourth-order valence-corrected chi connectivity index (χ4v) is 3.82. The number of rotatable bonds is 6. The van der Waals surface area contributed by atoms with Gasteiger partial charge in [0.15, 0.2) is 0 Å². The maximum Gasteiger partial charge on any atom is 0.230 e. The molecule has 1 aromatic heterocycles. The molecule has 1 aliphatic heterocycles. The molecule has 2 aromatic rings. The number of amides is 1. The van der Waals surface area contributed by atoms with E-state index in [1.54, 1.807) is 0 Å². The Labute approximate surface area is 153 Å². The molecule has 0 aliphatic carbocycles. The first kappa shape index (κ1) is 17.5. The van der Waals surface area contributed by atoms with Gasteiger partial charge >= 0.3 is 0 Å². The minimum atomic E-state index is -0.0814. The molecule has 130 valence electrons. The summed E-state index contributed by atoms with van der Waals surface area (Å²) in [6.07, 6.45) is 6.64. The maximum atomic E-state index is 13.0. The summed E-state index contributed by atoms with van der Waals surface area (Å²) in [6.45, 7) is 9.07. The normalized spacial score (nSPS) is 15.1. The van der Waals surface area contributed by atoms with Crippen molar-refractivity contribution in [1.29, 1.82) is 0 Å². The number of carbonyl (C=O) groups excluding carboxylic acids is 1. The van der Waals surface area contributed by atoms with Crippen molar-refractivity contribution in [3.8, 4) is 0 Å². The van der Waals surface area contributed by atoms with Crippen LogP contribution in [-0.4, -0.2) is 20.0 Å². The monoisotopic (exact) mass is 353 g/mol. The van der Waals surface area contributed by atoms with E-state index in [0.29, 0.717) is 13.1 Å². The SMILES string of the molecule is C=C/C(=C\C)Sn1cc2c(n1)CN(C(=O)C(CC)c1ccccc1)C2. The van der Waals surface area contributed by atoms with E-state index in [9.17, 15) is 4.79 Å². The van der Waals surface area contributed by atoms with Crippen LogP contribution in [0.15, 0.2) is 60.2 Å². The lowest BCUT2D eigenvalue weighted by Gasteiger charge is -2.22. The van der Waals surface area contributed by atoms with Gasteiger partial charge in [-0.15, -0.1) is 0 Å². The van der Waals surface area contributed by atoms with Gasteiger partial charge in [-0.1, -0.05) is 56.0 Å². The fraction of sp³-hybridized carbons (Fsp3) is 0.300. The Kier molecular flexibility index (Phi) is 5.43. The summed E-state index contributed by atoms with van der Waals surface area (Å²) in [7, 11) is 0. The van der Waals surface area contributed by atoms with Gasteiger partial charge in [0.25, 0.3) is 0 Å². The minimum absolute atomic E-state index is 0.0814. The highest BCUT2D eigenvalue weighted by molar-refractivity contribution is 8.01. The number of fused-ring (bicyclic) bond motifs is 1. The van der Waals surface area contributed by atoms with Gasteiger partial charge in [0.2, 0.25) is 5.91 Å². The molecule has 0 saturated carbocycles. The summed E-state index contributed by atoms with van der Waals surface area (Å²) in [5.41, 5.74) is 3.20. The summed E-state index contributed by atoms with van der Waals surface area (Å²) in [5, 5.41) is 4.61. The molecule has 0 N–H and O–H groups in total. The van der Waals surface area contributed by atoms with Crippen LogP contribution in [0.3, 0.4) is 0 Å². The topological polar surface area (TPSA) is 38.1 Å². The van der Waals surface area contributed by atoms with Crippen LogP contribution in [0.2, 0.25) is 0 Å². The Balaban J connectivity index is 1.70. The Bertz CT molecular complexity index is 771. The third-order valence-electron chi connectivity index (χ3n) is 4.46. The highest BCUT2D eigenvalue weighted by Gasteiger charge is 2.31. The number of hydrogen-bond acceptors (Lipinski definition) is 3. The highest BCUT2D eigenvalue weighted by atomic mass is 32.2. The summed E-state index contributed by atoms with van der Waals surface area (Å²) < 4.78 is 1.86. The quantitative estimate of drug-likeness (QED) is 0.718. The molecule has 1 amide bonds. The molecule has 1 atom stereocenters. The highest BCUT2D eigenvalue weighted by Crippen LogP contribution is 2.30. The number of aromatic nitrogens is 2. The third-order valence-corrected chi connectivity index (χ3v) is 5.45. The third kappa shape index (κ3) is 3.71. The molecule has 25 heavy (non-hydrogen) atoms. The first-order chi connectivity index (χ1) is 12.2. The van der Waals surface area contributed by atoms with Crippen LogP contribution < -0.4 is 0 Å². The first-order valence-electron chi connectivity index (χ1n) is 8.54. The predicted molar refractivity (Wildman–Crippen MR) is 103 cm³/mol. The molecule has 0 fully saturated rings. The predicted octanol–water partition coefficient (Wildman–Crippen LogP) is 4.51. The lowest BCUT2D eigenvalue weighted by atomic mass is 9.95. The summed E-state index contributed by atoms with van der Waals surface area (Å²) in [4.78, 5) is 15.9. The van der Waals surface area contributed by atoms with Crippen molar-refractivity contribution in [2.24, 2.45) is 0 Å². The van der Waals surface area contributed by atoms with Crippen molar-refractivity contribution in [2.75, 3.05) is 0 Å². The van der Waals surface area contributed by atoms with E-state index < -0.39 is 0 Å². The molecule has 4 nitrogen and oxygen atoms in total. The van der Waals surface area contributed by atoms with Crippen molar-refractivity contribution >= 4 is 17.9 Å². The Morgan fingerprint density at radius 1 is 1.36 bits per heavy atom. The zero-order chi connectivity index (χ0) is 17.8. The second kappa shape index (κ2) is 7.74. The van der Waals surface area contributed by atoms with E-state index >= 15 is 0 Å². The average molecular weight is 353 g/mol. The zero-order valence-electron chi connectivity index (χ0n) is 14.7. The molecule has 0 spiro atoms. The van der Waals surface area contributed by atoms with Crippen LogP contribution >= 0.6 is 11.9 Å². The van der Waals surface area contributed by atoms with E-state index in [0.717, 1.165) is 28.1 Å². The first-order valence-corrected chi connectivity index (χ1v) is 9.31. The molecule has 2 heterocycles.